The molecular formula is C20H21N3O5. The van der Waals surface area contributed by atoms with Crippen molar-refractivity contribution in [3.8, 4) is 5.75 Å². The summed E-state index contributed by atoms with van der Waals surface area (Å²) in [7, 11) is 0. The lowest BCUT2D eigenvalue weighted by atomic mass is 10.2. The maximum atomic E-state index is 11.8. The number of benzene rings is 2. The Labute approximate surface area is 162 Å². The lowest BCUT2D eigenvalue weighted by Crippen LogP contribution is -2.24. The summed E-state index contributed by atoms with van der Waals surface area (Å²) in [6, 6.07) is 15.6. The second kappa shape index (κ2) is 11.1. The standard InChI is InChI=1S/C20H21N3O5/c1-2-27-20(26)14-28-17-10-8-15(9-11-17)13-21-23-19(25)12-18(24)22-16-6-4-3-5-7-16/h3-11,13H,2,12,14H2,1H3,(H,22,24)(H,23,25). The van der Waals surface area contributed by atoms with E-state index in [1.54, 1.807) is 55.5 Å². The van der Waals surface area contributed by atoms with Gasteiger partial charge < -0.3 is 14.8 Å². The molecule has 0 saturated heterocycles. The van der Waals surface area contributed by atoms with Gasteiger partial charge in [-0.15, -0.1) is 0 Å². The predicted molar refractivity (Wildman–Crippen MR) is 104 cm³/mol. The van der Waals surface area contributed by atoms with Crippen molar-refractivity contribution in [3.05, 3.63) is 60.2 Å². The van der Waals surface area contributed by atoms with Crippen molar-refractivity contribution in [1.29, 1.82) is 0 Å². The van der Waals surface area contributed by atoms with Crippen LogP contribution in [0.2, 0.25) is 0 Å². The Hall–Kier alpha value is -3.68. The van der Waals surface area contributed by atoms with E-state index in [1.165, 1.54) is 6.21 Å². The molecule has 8 heteroatoms. The maximum absolute atomic E-state index is 11.8. The van der Waals surface area contributed by atoms with E-state index in [0.717, 1.165) is 0 Å². The lowest BCUT2D eigenvalue weighted by Gasteiger charge is -2.05. The van der Waals surface area contributed by atoms with Crippen molar-refractivity contribution < 1.29 is 23.9 Å². The predicted octanol–water partition coefficient (Wildman–Crippen LogP) is 2.11. The van der Waals surface area contributed by atoms with Gasteiger partial charge in [0.2, 0.25) is 11.8 Å². The molecule has 0 aliphatic carbocycles. The Morgan fingerprint density at radius 3 is 2.39 bits per heavy atom. The first-order valence-corrected chi connectivity index (χ1v) is 8.62. The van der Waals surface area contributed by atoms with Crippen LogP contribution in [-0.4, -0.2) is 37.2 Å². The van der Waals surface area contributed by atoms with E-state index in [4.69, 9.17) is 9.47 Å². The van der Waals surface area contributed by atoms with Gasteiger partial charge in [-0.25, -0.2) is 10.2 Å². The number of hydrogen-bond donors (Lipinski definition) is 2. The SMILES string of the molecule is CCOC(=O)COc1ccc(C=NNC(=O)CC(=O)Nc2ccccc2)cc1. The zero-order valence-corrected chi connectivity index (χ0v) is 15.4. The summed E-state index contributed by atoms with van der Waals surface area (Å²) in [6.45, 7) is 1.86. The molecule has 0 atom stereocenters. The number of esters is 1. The quantitative estimate of drug-likeness (QED) is 0.299. The van der Waals surface area contributed by atoms with Gasteiger partial charge in [-0.2, -0.15) is 5.10 Å². The summed E-state index contributed by atoms with van der Waals surface area (Å²) in [5.74, 6) is -0.889. The van der Waals surface area contributed by atoms with Gasteiger partial charge in [0.25, 0.3) is 0 Å². The molecule has 2 aromatic rings. The maximum Gasteiger partial charge on any atom is 0.344 e. The minimum Gasteiger partial charge on any atom is -0.482 e. The monoisotopic (exact) mass is 383 g/mol. The minimum absolute atomic E-state index is 0.164. The third kappa shape index (κ3) is 7.69. The van der Waals surface area contributed by atoms with Crippen LogP contribution in [0, 0.1) is 0 Å². The van der Waals surface area contributed by atoms with Gasteiger partial charge in [-0.3, -0.25) is 9.59 Å². The van der Waals surface area contributed by atoms with Gasteiger partial charge in [-0.1, -0.05) is 18.2 Å². The first-order valence-electron chi connectivity index (χ1n) is 8.62. The highest BCUT2D eigenvalue weighted by atomic mass is 16.6. The van der Waals surface area contributed by atoms with E-state index in [1.807, 2.05) is 6.07 Å². The van der Waals surface area contributed by atoms with Crippen molar-refractivity contribution in [2.45, 2.75) is 13.3 Å². The van der Waals surface area contributed by atoms with Gasteiger partial charge in [0, 0.05) is 5.69 Å². The van der Waals surface area contributed by atoms with Crippen molar-refractivity contribution in [1.82, 2.24) is 5.43 Å². The molecule has 2 amide bonds. The summed E-state index contributed by atoms with van der Waals surface area (Å²) in [5, 5.41) is 6.43. The lowest BCUT2D eigenvalue weighted by molar-refractivity contribution is -0.145. The molecule has 146 valence electrons. The third-order valence-corrected chi connectivity index (χ3v) is 3.32. The molecule has 2 rings (SSSR count). The van der Waals surface area contributed by atoms with E-state index in [0.29, 0.717) is 23.6 Å². The van der Waals surface area contributed by atoms with E-state index in [9.17, 15) is 14.4 Å². The zero-order valence-electron chi connectivity index (χ0n) is 15.4. The molecule has 0 fully saturated rings. The number of anilines is 1. The summed E-state index contributed by atoms with van der Waals surface area (Å²) in [6.07, 6.45) is 1.09. The largest absolute Gasteiger partial charge is 0.482 e. The average Bonchev–Trinajstić information content (AvgIpc) is 2.68. The molecule has 0 spiro atoms. The van der Waals surface area contributed by atoms with E-state index < -0.39 is 17.8 Å². The summed E-state index contributed by atoms with van der Waals surface area (Å²) in [4.78, 5) is 34.7. The van der Waals surface area contributed by atoms with Crippen LogP contribution in [0.25, 0.3) is 0 Å². The Kier molecular flexibility index (Phi) is 8.19. The minimum atomic E-state index is -0.529. The number of para-hydroxylation sites is 1. The number of nitrogens with one attached hydrogen (secondary N) is 2. The molecule has 8 nitrogen and oxygen atoms in total. The highest BCUT2D eigenvalue weighted by Gasteiger charge is 2.08. The number of carbonyl (C=O) groups excluding carboxylic acids is 3. The van der Waals surface area contributed by atoms with E-state index >= 15 is 0 Å². The summed E-state index contributed by atoms with van der Waals surface area (Å²) < 4.78 is 10.0. The van der Waals surface area contributed by atoms with Crippen LogP contribution >= 0.6 is 0 Å². The van der Waals surface area contributed by atoms with Crippen LogP contribution in [0.1, 0.15) is 18.9 Å². The Morgan fingerprint density at radius 1 is 1.00 bits per heavy atom. The van der Waals surface area contributed by atoms with Crippen molar-refractivity contribution in [2.24, 2.45) is 5.10 Å². The summed E-state index contributed by atoms with van der Waals surface area (Å²) in [5.41, 5.74) is 3.62. The summed E-state index contributed by atoms with van der Waals surface area (Å²) >= 11 is 0. The molecule has 0 aliphatic rings. The number of carbonyl (C=O) groups is 3. The fraction of sp³-hybridized carbons (Fsp3) is 0.200. The highest BCUT2D eigenvalue weighted by Crippen LogP contribution is 2.11. The Balaban J connectivity index is 1.73. The molecule has 2 N–H and O–H groups in total. The molecule has 2 aromatic carbocycles. The normalized spacial score (nSPS) is 10.3. The van der Waals surface area contributed by atoms with Crippen molar-refractivity contribution in [2.75, 3.05) is 18.5 Å². The molecule has 0 radical (unpaired) electrons. The molecule has 0 unspecified atom stereocenters. The number of nitrogens with zero attached hydrogens (tertiary/aromatic N) is 1. The average molecular weight is 383 g/mol. The van der Waals surface area contributed by atoms with Gasteiger partial charge in [-0.05, 0) is 48.9 Å². The van der Waals surface area contributed by atoms with Gasteiger partial charge >= 0.3 is 5.97 Å². The fourth-order valence-electron chi connectivity index (χ4n) is 2.09. The molecule has 0 aliphatic heterocycles. The fourth-order valence-corrected chi connectivity index (χ4v) is 2.09. The van der Waals surface area contributed by atoms with Crippen LogP contribution in [0.3, 0.4) is 0 Å². The second-order valence-electron chi connectivity index (χ2n) is 5.55. The van der Waals surface area contributed by atoms with Crippen LogP contribution in [-0.2, 0) is 19.1 Å². The number of amides is 2. The molecule has 28 heavy (non-hydrogen) atoms. The van der Waals surface area contributed by atoms with Gasteiger partial charge in [0.1, 0.15) is 12.2 Å². The molecule has 0 heterocycles. The molecule has 0 aromatic heterocycles. The van der Waals surface area contributed by atoms with Crippen LogP contribution < -0.4 is 15.5 Å². The van der Waals surface area contributed by atoms with Gasteiger partial charge in [0.05, 0.1) is 12.8 Å². The Bertz CT molecular complexity index is 819. The Morgan fingerprint density at radius 2 is 1.71 bits per heavy atom. The van der Waals surface area contributed by atoms with Crippen LogP contribution in [0.4, 0.5) is 5.69 Å². The highest BCUT2D eigenvalue weighted by molar-refractivity contribution is 6.03. The van der Waals surface area contributed by atoms with E-state index in [-0.39, 0.29) is 13.0 Å². The third-order valence-electron chi connectivity index (χ3n) is 3.32. The molecular weight excluding hydrogens is 362 g/mol. The first kappa shape index (κ1) is 20.6. The molecule has 0 bridgehead atoms. The van der Waals surface area contributed by atoms with Crippen molar-refractivity contribution in [3.63, 3.8) is 0 Å². The zero-order chi connectivity index (χ0) is 20.2. The number of ether oxygens (including phenoxy) is 2. The number of hydrogen-bond acceptors (Lipinski definition) is 6. The first-order chi connectivity index (χ1) is 13.6. The smallest absolute Gasteiger partial charge is 0.344 e. The number of rotatable bonds is 9. The molecule has 0 saturated carbocycles. The topological polar surface area (TPSA) is 106 Å². The second-order valence-corrected chi connectivity index (χ2v) is 5.55. The van der Waals surface area contributed by atoms with Crippen LogP contribution in [0.15, 0.2) is 59.7 Å². The van der Waals surface area contributed by atoms with Crippen molar-refractivity contribution >= 4 is 29.7 Å². The van der Waals surface area contributed by atoms with Crippen LogP contribution in [0.5, 0.6) is 5.75 Å². The van der Waals surface area contributed by atoms with E-state index in [2.05, 4.69) is 15.8 Å². The van der Waals surface area contributed by atoms with Gasteiger partial charge in [0.15, 0.2) is 6.61 Å². The number of hydrazone groups is 1.